The van der Waals surface area contributed by atoms with Gasteiger partial charge in [0.1, 0.15) is 0 Å². The Hall–Kier alpha value is -0.860. The molecule has 0 aliphatic carbocycles. The third kappa shape index (κ3) is 8.87. The summed E-state index contributed by atoms with van der Waals surface area (Å²) >= 11 is 0. The van der Waals surface area contributed by atoms with Gasteiger partial charge in [-0.1, -0.05) is 24.3 Å². The number of rotatable bonds is 8. The standard InChI is InChI=1S/C19H31N3O2.HI/c1-16-6-3-4-7-18(16)14-22-19(20-2)21-10-5-11-24-15-17-8-12-23-13-9-17;/h3-4,6-7,17H,5,8-15H2,1-2H3,(H2,20,21,22);1H. The molecule has 0 aromatic heterocycles. The van der Waals surface area contributed by atoms with E-state index in [-0.39, 0.29) is 24.0 Å². The molecule has 1 aliphatic heterocycles. The van der Waals surface area contributed by atoms with E-state index in [0.717, 1.165) is 64.7 Å². The predicted molar refractivity (Wildman–Crippen MR) is 114 cm³/mol. The van der Waals surface area contributed by atoms with Gasteiger partial charge in [-0.05, 0) is 43.2 Å². The van der Waals surface area contributed by atoms with E-state index in [4.69, 9.17) is 9.47 Å². The zero-order valence-corrected chi connectivity index (χ0v) is 17.8. The Bertz CT molecular complexity index is 505. The summed E-state index contributed by atoms with van der Waals surface area (Å²) in [5, 5.41) is 6.69. The summed E-state index contributed by atoms with van der Waals surface area (Å²) in [6.45, 7) is 7.20. The summed E-state index contributed by atoms with van der Waals surface area (Å²) < 4.78 is 11.1. The molecule has 1 aliphatic rings. The van der Waals surface area contributed by atoms with Crippen molar-refractivity contribution >= 4 is 29.9 Å². The maximum absolute atomic E-state index is 5.78. The normalized spacial score (nSPS) is 15.5. The number of hydrogen-bond acceptors (Lipinski definition) is 3. The van der Waals surface area contributed by atoms with Crippen molar-refractivity contribution < 1.29 is 9.47 Å². The predicted octanol–water partition coefficient (Wildman–Crippen LogP) is 3.11. The fourth-order valence-corrected chi connectivity index (χ4v) is 2.75. The SMILES string of the molecule is CN=C(NCCCOCC1CCOCC1)NCc1ccccc1C.I. The van der Waals surface area contributed by atoms with Crippen LogP contribution in [0.15, 0.2) is 29.3 Å². The second-order valence-electron chi connectivity index (χ2n) is 6.26. The summed E-state index contributed by atoms with van der Waals surface area (Å²) in [5.74, 6) is 1.51. The zero-order chi connectivity index (χ0) is 17.0. The molecule has 0 atom stereocenters. The van der Waals surface area contributed by atoms with E-state index < -0.39 is 0 Å². The number of halogens is 1. The second-order valence-corrected chi connectivity index (χ2v) is 6.26. The van der Waals surface area contributed by atoms with Crippen molar-refractivity contribution in [3.05, 3.63) is 35.4 Å². The van der Waals surface area contributed by atoms with Crippen molar-refractivity contribution in [2.75, 3.05) is 40.0 Å². The molecule has 0 radical (unpaired) electrons. The number of hydrogen-bond donors (Lipinski definition) is 2. The molecular formula is C19H32IN3O2. The second kappa shape index (κ2) is 13.4. The van der Waals surface area contributed by atoms with Crippen LogP contribution in [0, 0.1) is 12.8 Å². The van der Waals surface area contributed by atoms with Crippen molar-refractivity contribution in [2.45, 2.75) is 32.7 Å². The minimum absolute atomic E-state index is 0. The van der Waals surface area contributed by atoms with Crippen molar-refractivity contribution in [3.8, 4) is 0 Å². The third-order valence-electron chi connectivity index (χ3n) is 4.38. The first-order chi connectivity index (χ1) is 11.8. The van der Waals surface area contributed by atoms with Gasteiger partial charge in [0.2, 0.25) is 0 Å². The number of nitrogens with zero attached hydrogens (tertiary/aromatic N) is 1. The maximum atomic E-state index is 5.78. The van der Waals surface area contributed by atoms with Gasteiger partial charge < -0.3 is 20.1 Å². The average Bonchev–Trinajstić information content (AvgIpc) is 2.62. The molecule has 0 amide bonds. The van der Waals surface area contributed by atoms with Crippen LogP contribution in [0.25, 0.3) is 0 Å². The highest BCUT2D eigenvalue weighted by atomic mass is 127. The van der Waals surface area contributed by atoms with Crippen LogP contribution in [0.4, 0.5) is 0 Å². The highest BCUT2D eigenvalue weighted by molar-refractivity contribution is 14.0. The van der Waals surface area contributed by atoms with Gasteiger partial charge in [-0.2, -0.15) is 0 Å². The van der Waals surface area contributed by atoms with E-state index in [0.29, 0.717) is 5.92 Å². The smallest absolute Gasteiger partial charge is 0.191 e. The van der Waals surface area contributed by atoms with Gasteiger partial charge in [0.25, 0.3) is 0 Å². The molecule has 0 saturated carbocycles. The number of aliphatic imine (C=N–C) groups is 1. The molecule has 2 rings (SSSR count). The van der Waals surface area contributed by atoms with Gasteiger partial charge in [0.05, 0.1) is 0 Å². The molecule has 142 valence electrons. The molecule has 1 aromatic rings. The van der Waals surface area contributed by atoms with Crippen molar-refractivity contribution in [3.63, 3.8) is 0 Å². The van der Waals surface area contributed by atoms with Crippen LogP contribution in [-0.2, 0) is 16.0 Å². The minimum Gasteiger partial charge on any atom is -0.381 e. The van der Waals surface area contributed by atoms with Gasteiger partial charge in [0.15, 0.2) is 5.96 Å². The Morgan fingerprint density at radius 1 is 1.24 bits per heavy atom. The van der Waals surface area contributed by atoms with Crippen LogP contribution >= 0.6 is 24.0 Å². The van der Waals surface area contributed by atoms with Gasteiger partial charge in [-0.15, -0.1) is 24.0 Å². The fourth-order valence-electron chi connectivity index (χ4n) is 2.75. The Balaban J connectivity index is 0.00000312. The molecule has 1 aromatic carbocycles. The van der Waals surface area contributed by atoms with Crippen LogP contribution in [0.2, 0.25) is 0 Å². The van der Waals surface area contributed by atoms with Gasteiger partial charge >= 0.3 is 0 Å². The summed E-state index contributed by atoms with van der Waals surface area (Å²) in [6.07, 6.45) is 3.25. The fraction of sp³-hybridized carbons (Fsp3) is 0.632. The number of nitrogens with one attached hydrogen (secondary N) is 2. The lowest BCUT2D eigenvalue weighted by molar-refractivity contribution is 0.0203. The van der Waals surface area contributed by atoms with Gasteiger partial charge in [-0.3, -0.25) is 4.99 Å². The topological polar surface area (TPSA) is 54.9 Å². The monoisotopic (exact) mass is 461 g/mol. The molecular weight excluding hydrogens is 429 g/mol. The Kier molecular flexibility index (Phi) is 11.9. The molecule has 0 spiro atoms. The lowest BCUT2D eigenvalue weighted by atomic mass is 10.0. The minimum atomic E-state index is 0. The molecule has 1 fully saturated rings. The molecule has 5 nitrogen and oxygen atoms in total. The Morgan fingerprint density at radius 3 is 2.72 bits per heavy atom. The first-order valence-electron chi connectivity index (χ1n) is 8.94. The van der Waals surface area contributed by atoms with E-state index in [2.05, 4.69) is 46.8 Å². The van der Waals surface area contributed by atoms with E-state index >= 15 is 0 Å². The van der Waals surface area contributed by atoms with Crippen molar-refractivity contribution in [1.82, 2.24) is 10.6 Å². The highest BCUT2D eigenvalue weighted by Gasteiger charge is 2.13. The van der Waals surface area contributed by atoms with Crippen LogP contribution in [-0.4, -0.2) is 46.0 Å². The summed E-state index contributed by atoms with van der Waals surface area (Å²) in [5.41, 5.74) is 2.59. The Morgan fingerprint density at radius 2 is 2.00 bits per heavy atom. The molecule has 25 heavy (non-hydrogen) atoms. The summed E-state index contributed by atoms with van der Waals surface area (Å²) in [7, 11) is 1.80. The molecule has 1 saturated heterocycles. The van der Waals surface area contributed by atoms with Gasteiger partial charge in [0, 0.05) is 46.6 Å². The lowest BCUT2D eigenvalue weighted by Gasteiger charge is -2.21. The number of aryl methyl sites for hydroxylation is 1. The largest absolute Gasteiger partial charge is 0.381 e. The number of ether oxygens (including phenoxy) is 2. The van der Waals surface area contributed by atoms with E-state index in [1.807, 2.05) is 0 Å². The van der Waals surface area contributed by atoms with Crippen molar-refractivity contribution in [2.24, 2.45) is 10.9 Å². The first kappa shape index (κ1) is 22.2. The zero-order valence-electron chi connectivity index (χ0n) is 15.4. The number of guanidine groups is 1. The van der Waals surface area contributed by atoms with Crippen LogP contribution in [0.1, 0.15) is 30.4 Å². The van der Waals surface area contributed by atoms with Gasteiger partial charge in [-0.25, -0.2) is 0 Å². The molecule has 1 heterocycles. The van der Waals surface area contributed by atoms with E-state index in [9.17, 15) is 0 Å². The van der Waals surface area contributed by atoms with E-state index in [1.165, 1.54) is 11.1 Å². The maximum Gasteiger partial charge on any atom is 0.191 e. The van der Waals surface area contributed by atoms with Crippen LogP contribution in [0.3, 0.4) is 0 Å². The molecule has 6 heteroatoms. The highest BCUT2D eigenvalue weighted by Crippen LogP contribution is 2.14. The Labute approximate surface area is 169 Å². The molecule has 2 N–H and O–H groups in total. The lowest BCUT2D eigenvalue weighted by Crippen LogP contribution is -2.37. The average molecular weight is 461 g/mol. The van der Waals surface area contributed by atoms with Crippen LogP contribution in [0.5, 0.6) is 0 Å². The first-order valence-corrected chi connectivity index (χ1v) is 8.94. The summed E-state index contributed by atoms with van der Waals surface area (Å²) in [4.78, 5) is 4.26. The van der Waals surface area contributed by atoms with Crippen molar-refractivity contribution in [1.29, 1.82) is 0 Å². The quantitative estimate of drug-likeness (QED) is 0.271. The molecule has 0 unspecified atom stereocenters. The third-order valence-corrected chi connectivity index (χ3v) is 4.38. The molecule has 0 bridgehead atoms. The summed E-state index contributed by atoms with van der Waals surface area (Å²) in [6, 6.07) is 8.39. The van der Waals surface area contributed by atoms with Crippen LogP contribution < -0.4 is 10.6 Å². The number of benzene rings is 1. The van der Waals surface area contributed by atoms with E-state index in [1.54, 1.807) is 7.05 Å².